The van der Waals surface area contributed by atoms with Gasteiger partial charge < -0.3 is 0 Å². The number of isocyanates is 1. The lowest BCUT2D eigenvalue weighted by Crippen LogP contribution is -1.85. The normalized spacial score (nSPS) is 8.82. The lowest BCUT2D eigenvalue weighted by atomic mass is 9.95. The van der Waals surface area contributed by atoms with Crippen molar-refractivity contribution in [2.45, 2.75) is 0 Å². The Morgan fingerprint density at radius 2 is 1.73 bits per heavy atom. The van der Waals surface area contributed by atoms with Gasteiger partial charge in [-0.1, -0.05) is 40.2 Å². The first-order chi connectivity index (χ1) is 5.38. The van der Waals surface area contributed by atoms with Gasteiger partial charge in [-0.25, -0.2) is 4.79 Å². The summed E-state index contributed by atoms with van der Waals surface area (Å²) in [6.45, 7) is 0. The summed E-state index contributed by atoms with van der Waals surface area (Å²) in [5.41, 5.74) is 3.21. The Morgan fingerprint density at radius 1 is 1.27 bits per heavy atom. The molecule has 0 fully saturated rings. The second-order valence-electron chi connectivity index (χ2n) is 1.95. The van der Waals surface area contributed by atoms with Gasteiger partial charge in [0.2, 0.25) is 6.08 Å². The minimum atomic E-state index is 0.358. The van der Waals surface area contributed by atoms with Gasteiger partial charge in [0.15, 0.2) is 0 Å². The van der Waals surface area contributed by atoms with E-state index in [2.05, 4.69) is 45.2 Å². The van der Waals surface area contributed by atoms with Gasteiger partial charge in [0.1, 0.15) is 5.45 Å². The summed E-state index contributed by atoms with van der Waals surface area (Å²) in [5, 5.41) is 0. The van der Waals surface area contributed by atoms with Gasteiger partial charge in [0.25, 0.3) is 0 Å². The predicted molar refractivity (Wildman–Crippen MR) is 47.4 cm³/mol. The molecule has 11 heavy (non-hydrogen) atoms. The van der Waals surface area contributed by atoms with Crippen LogP contribution >= 0.6 is 15.9 Å². The maximum Gasteiger partial charge on any atom is 0.235 e. The molecule has 0 aromatic carbocycles. The summed E-state index contributed by atoms with van der Waals surface area (Å²) in [6.07, 6.45) is 1.35. The van der Waals surface area contributed by atoms with Crippen LogP contribution in [0.4, 0.5) is 0 Å². The van der Waals surface area contributed by atoms with Crippen LogP contribution in [-0.2, 0) is 4.79 Å². The van der Waals surface area contributed by atoms with Crippen LogP contribution in [0.2, 0.25) is 0 Å². The molecule has 0 N–H and O–H groups in total. The summed E-state index contributed by atoms with van der Waals surface area (Å²) in [6, 6.07) is 8.48. The molecule has 0 saturated carbocycles. The average molecular weight is 212 g/mol. The molecule has 2 aliphatic carbocycles. The van der Waals surface area contributed by atoms with E-state index in [0.29, 0.717) is 5.45 Å². The molecule has 0 heterocycles. The van der Waals surface area contributed by atoms with Gasteiger partial charge in [0.05, 0.1) is 0 Å². The SMILES string of the molecule is O=C=NCBr.c1cc2ccc1-2. The second-order valence-corrected chi connectivity index (χ2v) is 2.45. The fourth-order valence-electron chi connectivity index (χ4n) is 0.687. The average Bonchev–Trinajstić information content (AvgIpc) is 2.00. The minimum Gasteiger partial charge on any atom is -0.211 e. The maximum absolute atomic E-state index is 9.08. The zero-order valence-electron chi connectivity index (χ0n) is 5.75. The lowest BCUT2D eigenvalue weighted by molar-refractivity contribution is 0.564. The number of alkyl halides is 1. The molecule has 0 saturated heterocycles. The summed E-state index contributed by atoms with van der Waals surface area (Å²) >= 11 is 2.88. The number of nitrogens with zero attached hydrogens (tertiary/aromatic N) is 1. The van der Waals surface area contributed by atoms with E-state index in [9.17, 15) is 0 Å². The summed E-state index contributed by atoms with van der Waals surface area (Å²) in [4.78, 5) is 12.2. The van der Waals surface area contributed by atoms with Crippen molar-refractivity contribution in [1.29, 1.82) is 0 Å². The molecule has 0 aromatic rings. The number of benzene rings is 1. The highest BCUT2D eigenvalue weighted by Crippen LogP contribution is 2.29. The largest absolute Gasteiger partial charge is 0.235 e. The molecule has 0 radical (unpaired) electrons. The summed E-state index contributed by atoms with van der Waals surface area (Å²) in [5.74, 6) is 0. The van der Waals surface area contributed by atoms with Crippen LogP contribution in [0.25, 0.3) is 11.1 Å². The van der Waals surface area contributed by atoms with Crippen molar-refractivity contribution >= 4 is 22.0 Å². The van der Waals surface area contributed by atoms with Crippen LogP contribution in [-0.4, -0.2) is 11.5 Å². The second kappa shape index (κ2) is 4.06. The van der Waals surface area contributed by atoms with Gasteiger partial charge in [0, 0.05) is 0 Å². The number of halogens is 1. The van der Waals surface area contributed by atoms with Crippen molar-refractivity contribution in [3.05, 3.63) is 24.3 Å². The predicted octanol–water partition coefficient (Wildman–Crippen LogP) is 2.34. The first-order valence-electron chi connectivity index (χ1n) is 3.08. The van der Waals surface area contributed by atoms with Crippen LogP contribution in [0, 0.1) is 0 Å². The van der Waals surface area contributed by atoms with Gasteiger partial charge in [-0.2, -0.15) is 4.99 Å². The molecular formula is C8H6BrNO. The number of hydrogen-bond acceptors (Lipinski definition) is 2. The van der Waals surface area contributed by atoms with E-state index < -0.39 is 0 Å². The van der Waals surface area contributed by atoms with Crippen molar-refractivity contribution < 1.29 is 4.79 Å². The lowest BCUT2D eigenvalue weighted by Gasteiger charge is -2.10. The van der Waals surface area contributed by atoms with E-state index in [0.717, 1.165) is 0 Å². The topological polar surface area (TPSA) is 29.4 Å². The third kappa shape index (κ3) is 2.00. The molecule has 0 aliphatic heterocycles. The Balaban J connectivity index is 0.000000114. The quantitative estimate of drug-likeness (QED) is 0.308. The monoisotopic (exact) mass is 211 g/mol. The smallest absolute Gasteiger partial charge is 0.211 e. The van der Waals surface area contributed by atoms with Crippen molar-refractivity contribution in [2.75, 3.05) is 5.45 Å². The highest BCUT2D eigenvalue weighted by molar-refractivity contribution is 9.09. The fourth-order valence-corrected chi connectivity index (χ4v) is 0.789. The third-order valence-electron chi connectivity index (χ3n) is 1.34. The van der Waals surface area contributed by atoms with Gasteiger partial charge in [-0.3, -0.25) is 0 Å². The van der Waals surface area contributed by atoms with Gasteiger partial charge in [-0.15, -0.1) is 0 Å². The molecule has 2 rings (SSSR count). The van der Waals surface area contributed by atoms with E-state index in [4.69, 9.17) is 4.79 Å². The zero-order chi connectivity index (χ0) is 8.10. The molecule has 2 aliphatic rings. The minimum absolute atomic E-state index is 0.358. The molecule has 0 atom stereocenters. The summed E-state index contributed by atoms with van der Waals surface area (Å²) in [7, 11) is 0. The van der Waals surface area contributed by atoms with Crippen LogP contribution in [0.15, 0.2) is 29.3 Å². The van der Waals surface area contributed by atoms with Gasteiger partial charge >= 0.3 is 0 Å². The Labute approximate surface area is 73.1 Å². The van der Waals surface area contributed by atoms with Crippen molar-refractivity contribution in [2.24, 2.45) is 4.99 Å². The summed E-state index contributed by atoms with van der Waals surface area (Å²) < 4.78 is 0. The highest BCUT2D eigenvalue weighted by Gasteiger charge is 2.03. The molecule has 0 unspecified atom stereocenters. The molecule has 0 spiro atoms. The number of rotatable bonds is 1. The molecule has 0 amide bonds. The number of aliphatic imine (C=N–C) groups is 1. The number of fused-ring (bicyclic) bond motifs is 1. The van der Waals surface area contributed by atoms with Gasteiger partial charge in [-0.05, 0) is 11.1 Å². The standard InChI is InChI=1S/C6H4.C2H2BrNO/c1-2-6-4-3-5(1)6;3-1-4-2-5/h1-4H;1H2. The number of hydrogen-bond donors (Lipinski definition) is 0. The molecule has 56 valence electrons. The third-order valence-corrected chi connectivity index (χ3v) is 1.59. The van der Waals surface area contributed by atoms with Crippen molar-refractivity contribution in [3.8, 4) is 11.1 Å². The molecule has 0 bridgehead atoms. The van der Waals surface area contributed by atoms with Crippen LogP contribution < -0.4 is 0 Å². The van der Waals surface area contributed by atoms with E-state index in [1.165, 1.54) is 17.2 Å². The Bertz CT molecular complexity index is 254. The van der Waals surface area contributed by atoms with E-state index in [1.54, 1.807) is 0 Å². The van der Waals surface area contributed by atoms with E-state index >= 15 is 0 Å². The zero-order valence-corrected chi connectivity index (χ0v) is 7.34. The van der Waals surface area contributed by atoms with Crippen LogP contribution in [0.3, 0.4) is 0 Å². The molecule has 0 aromatic heterocycles. The van der Waals surface area contributed by atoms with Crippen molar-refractivity contribution in [3.63, 3.8) is 0 Å². The first-order valence-corrected chi connectivity index (χ1v) is 4.20. The Hall–Kier alpha value is -0.920. The maximum atomic E-state index is 9.08. The fraction of sp³-hybridized carbons (Fsp3) is 0.125. The molecular weight excluding hydrogens is 206 g/mol. The Kier molecular flexibility index (Phi) is 3.02. The van der Waals surface area contributed by atoms with E-state index in [-0.39, 0.29) is 0 Å². The molecule has 2 nitrogen and oxygen atoms in total. The number of carbonyl (C=O) groups excluding carboxylic acids is 1. The van der Waals surface area contributed by atoms with Crippen LogP contribution in [0.1, 0.15) is 0 Å². The van der Waals surface area contributed by atoms with E-state index in [1.807, 2.05) is 0 Å². The Morgan fingerprint density at radius 3 is 1.73 bits per heavy atom. The first kappa shape index (κ1) is 8.18. The van der Waals surface area contributed by atoms with Crippen LogP contribution in [0.5, 0.6) is 0 Å². The molecule has 3 heteroatoms. The highest BCUT2D eigenvalue weighted by atomic mass is 79.9. The van der Waals surface area contributed by atoms with Crippen molar-refractivity contribution in [1.82, 2.24) is 0 Å².